The van der Waals surface area contributed by atoms with Crippen LogP contribution in [0.3, 0.4) is 0 Å². The van der Waals surface area contributed by atoms with Gasteiger partial charge in [0.25, 0.3) is 0 Å². The summed E-state index contributed by atoms with van der Waals surface area (Å²) in [4.78, 5) is 7.80. The minimum atomic E-state index is -3.55. The molecule has 5 rings (SSSR count). The van der Waals surface area contributed by atoms with Gasteiger partial charge in [0, 0.05) is 42.7 Å². The van der Waals surface area contributed by atoms with E-state index in [0.29, 0.717) is 16.5 Å². The molecule has 2 aromatic carbocycles. The summed E-state index contributed by atoms with van der Waals surface area (Å²) in [6.45, 7) is 0.273. The van der Waals surface area contributed by atoms with E-state index in [1.807, 2.05) is 23.1 Å². The van der Waals surface area contributed by atoms with Crippen LogP contribution in [0, 0.1) is 5.82 Å². The zero-order chi connectivity index (χ0) is 27.4. The zero-order valence-electron chi connectivity index (χ0n) is 21.1. The number of rotatable bonds is 5. The van der Waals surface area contributed by atoms with Crippen molar-refractivity contribution in [3.63, 3.8) is 0 Å². The molecule has 0 radical (unpaired) electrons. The maximum Gasteiger partial charge on any atom is 0.211 e. The van der Waals surface area contributed by atoms with E-state index in [4.69, 9.17) is 27.8 Å². The maximum absolute atomic E-state index is 13.8. The monoisotopic (exact) mass is 561 g/mol. The van der Waals surface area contributed by atoms with Gasteiger partial charge in [0.2, 0.25) is 10.0 Å². The van der Waals surface area contributed by atoms with Gasteiger partial charge in [0.05, 0.1) is 25.2 Å². The van der Waals surface area contributed by atoms with Gasteiger partial charge < -0.3 is 19.9 Å². The fraction of sp³-hybridized carbons (Fsp3) is 0.320. The first-order valence-electron chi connectivity index (χ1n) is 11.8. The van der Waals surface area contributed by atoms with Crippen LogP contribution in [0.5, 0.6) is 5.75 Å². The first kappa shape index (κ1) is 26.6. The predicted molar refractivity (Wildman–Crippen MR) is 144 cm³/mol. The van der Waals surface area contributed by atoms with E-state index in [2.05, 4.69) is 4.98 Å². The summed E-state index contributed by atoms with van der Waals surface area (Å²) in [6.07, 6.45) is 3.14. The Bertz CT molecular complexity index is 1490. The summed E-state index contributed by atoms with van der Waals surface area (Å²) < 4.78 is 48.0. The lowest BCUT2D eigenvalue weighted by atomic mass is 9.86. The lowest BCUT2D eigenvalue weighted by Gasteiger charge is -2.52. The first-order chi connectivity index (χ1) is 18.0. The number of hydrogen-bond donors (Lipinski definition) is 2. The van der Waals surface area contributed by atoms with Crippen molar-refractivity contribution in [1.82, 2.24) is 18.8 Å². The van der Waals surface area contributed by atoms with Crippen molar-refractivity contribution >= 4 is 27.3 Å². The summed E-state index contributed by atoms with van der Waals surface area (Å²) >= 11 is 6.02. The number of methoxy groups -OCH3 is 1. The Kier molecular flexibility index (Phi) is 6.97. The van der Waals surface area contributed by atoms with E-state index in [1.54, 1.807) is 48.3 Å². The van der Waals surface area contributed by atoms with Crippen LogP contribution in [0.2, 0.25) is 5.15 Å². The van der Waals surface area contributed by atoms with Crippen LogP contribution in [-0.2, 0) is 10.0 Å². The molecule has 3 aromatic rings. The molecule has 3 heterocycles. The lowest BCUT2D eigenvalue weighted by molar-refractivity contribution is 0.167. The lowest BCUT2D eigenvalue weighted by Crippen LogP contribution is -2.66. The summed E-state index contributed by atoms with van der Waals surface area (Å²) in [5.74, 6) is -0.277. The third kappa shape index (κ3) is 4.68. The second-order valence-corrected chi connectivity index (χ2v) is 11.8. The molecule has 0 amide bonds. The SMILES string of the molecule is COc1cc(N2C3=C(CN(S(C)(=O)=O)CC3c3ccc(F)cc3)C(N)N(C)C2N)ccc1-n1cnc(Cl)c1. The Balaban J connectivity index is 1.69. The highest BCUT2D eigenvalue weighted by molar-refractivity contribution is 7.88. The minimum absolute atomic E-state index is 0.114. The third-order valence-electron chi connectivity index (χ3n) is 7.14. The van der Waals surface area contributed by atoms with Gasteiger partial charge in [-0.1, -0.05) is 23.7 Å². The number of anilines is 1. The number of ether oxygens (including phenoxy) is 1. The number of benzene rings is 2. The van der Waals surface area contributed by atoms with Gasteiger partial charge in [0.15, 0.2) is 0 Å². The van der Waals surface area contributed by atoms with Gasteiger partial charge >= 0.3 is 0 Å². The summed E-state index contributed by atoms with van der Waals surface area (Å²) in [7, 11) is -0.191. The molecule has 0 spiro atoms. The number of imidazole rings is 1. The van der Waals surface area contributed by atoms with E-state index in [9.17, 15) is 12.8 Å². The Morgan fingerprint density at radius 2 is 1.87 bits per heavy atom. The van der Waals surface area contributed by atoms with E-state index in [0.717, 1.165) is 22.6 Å². The van der Waals surface area contributed by atoms with Crippen molar-refractivity contribution in [3.05, 3.63) is 82.8 Å². The molecule has 3 unspecified atom stereocenters. The van der Waals surface area contributed by atoms with Crippen molar-refractivity contribution in [2.24, 2.45) is 11.5 Å². The number of hydrogen-bond acceptors (Lipinski definition) is 8. The fourth-order valence-corrected chi connectivity index (χ4v) is 6.06. The van der Waals surface area contributed by atoms with Gasteiger partial charge in [-0.3, -0.25) is 10.6 Å². The molecule has 202 valence electrons. The highest BCUT2D eigenvalue weighted by atomic mass is 35.5. The molecule has 10 nitrogen and oxygen atoms in total. The van der Waals surface area contributed by atoms with Crippen molar-refractivity contribution in [3.8, 4) is 11.4 Å². The van der Waals surface area contributed by atoms with Crippen LogP contribution in [0.25, 0.3) is 5.69 Å². The van der Waals surface area contributed by atoms with Crippen LogP contribution >= 0.6 is 11.6 Å². The van der Waals surface area contributed by atoms with Gasteiger partial charge in [-0.15, -0.1) is 0 Å². The molecule has 0 bridgehead atoms. The molecule has 2 aliphatic rings. The maximum atomic E-state index is 13.8. The van der Waals surface area contributed by atoms with E-state index < -0.39 is 28.4 Å². The van der Waals surface area contributed by atoms with Crippen LogP contribution in [-0.4, -0.2) is 73.1 Å². The largest absolute Gasteiger partial charge is 0.494 e. The zero-order valence-corrected chi connectivity index (χ0v) is 22.7. The highest BCUT2D eigenvalue weighted by Crippen LogP contribution is 2.43. The molecule has 0 aliphatic carbocycles. The number of likely N-dealkylation sites (N-methyl/N-ethyl adjacent to an activating group) is 1. The van der Waals surface area contributed by atoms with Crippen LogP contribution < -0.4 is 21.1 Å². The van der Waals surface area contributed by atoms with Crippen molar-refractivity contribution in [2.75, 3.05) is 38.4 Å². The van der Waals surface area contributed by atoms with Crippen LogP contribution in [0.1, 0.15) is 11.5 Å². The number of aromatic nitrogens is 2. The molecule has 0 saturated heterocycles. The van der Waals surface area contributed by atoms with Crippen LogP contribution in [0.4, 0.5) is 10.1 Å². The van der Waals surface area contributed by atoms with Gasteiger partial charge in [-0.2, -0.15) is 4.31 Å². The first-order valence-corrected chi connectivity index (χ1v) is 14.1. The predicted octanol–water partition coefficient (Wildman–Crippen LogP) is 2.27. The molecule has 1 aromatic heterocycles. The third-order valence-corrected chi connectivity index (χ3v) is 8.55. The molecule has 0 saturated carbocycles. The standard InChI is InChI=1S/C25H29ClFN7O3S/c1-31-24(28)19-12-33(38(3,35)36)11-18(15-4-6-16(27)7-5-15)23(19)34(25(31)29)17-8-9-20(21(10-17)37-2)32-13-22(26)30-14-32/h4-10,13-14,18,24-25H,11-12,28-29H2,1-3H3. The van der Waals surface area contributed by atoms with Gasteiger partial charge in [-0.25, -0.2) is 17.8 Å². The molecular weight excluding hydrogens is 533 g/mol. The molecule has 2 aliphatic heterocycles. The van der Waals surface area contributed by atoms with Gasteiger partial charge in [0.1, 0.15) is 29.3 Å². The number of nitrogens with two attached hydrogens (primary N) is 2. The Hall–Kier alpha value is -3.00. The van der Waals surface area contributed by atoms with E-state index >= 15 is 0 Å². The Morgan fingerprint density at radius 1 is 1.16 bits per heavy atom. The van der Waals surface area contributed by atoms with Crippen molar-refractivity contribution in [1.29, 1.82) is 0 Å². The molecule has 13 heteroatoms. The van der Waals surface area contributed by atoms with Crippen LogP contribution in [0.15, 0.2) is 66.3 Å². The number of halogens is 2. The molecule has 0 fully saturated rings. The molecular formula is C25H29ClFN7O3S. The fourth-order valence-electron chi connectivity index (χ4n) is 5.11. The molecule has 38 heavy (non-hydrogen) atoms. The Morgan fingerprint density at radius 3 is 2.47 bits per heavy atom. The minimum Gasteiger partial charge on any atom is -0.494 e. The second kappa shape index (κ2) is 9.95. The number of nitrogens with zero attached hydrogens (tertiary/aromatic N) is 5. The van der Waals surface area contributed by atoms with Crippen molar-refractivity contribution < 1.29 is 17.5 Å². The summed E-state index contributed by atoms with van der Waals surface area (Å²) in [5.41, 5.74) is 17.1. The number of sulfonamides is 1. The average molecular weight is 562 g/mol. The average Bonchev–Trinajstić information content (AvgIpc) is 3.32. The second-order valence-electron chi connectivity index (χ2n) is 9.42. The van der Waals surface area contributed by atoms with Crippen molar-refractivity contribution in [2.45, 2.75) is 18.4 Å². The van der Waals surface area contributed by atoms with Gasteiger partial charge in [-0.05, 0) is 42.4 Å². The van der Waals surface area contributed by atoms with E-state index in [1.165, 1.54) is 22.7 Å². The summed E-state index contributed by atoms with van der Waals surface area (Å²) in [6, 6.07) is 11.7. The van der Waals surface area contributed by atoms with E-state index in [-0.39, 0.29) is 18.9 Å². The summed E-state index contributed by atoms with van der Waals surface area (Å²) in [5, 5.41) is 0.347. The smallest absolute Gasteiger partial charge is 0.211 e. The Labute approximate surface area is 225 Å². The highest BCUT2D eigenvalue weighted by Gasteiger charge is 2.44. The normalized spacial score (nSPS) is 23.0. The molecule has 4 N–H and O–H groups in total. The topological polar surface area (TPSA) is 123 Å². The quantitative estimate of drug-likeness (QED) is 0.486. The molecule has 3 atom stereocenters.